The predicted molar refractivity (Wildman–Crippen MR) is 124 cm³/mol. The average Bonchev–Trinajstić information content (AvgIpc) is 3.38. The Morgan fingerprint density at radius 2 is 1.84 bits per heavy atom. The Hall–Kier alpha value is -2.74. The number of amides is 1. The van der Waals surface area contributed by atoms with Crippen LogP contribution in [0.4, 0.5) is 0 Å². The molecule has 1 saturated heterocycles. The van der Waals surface area contributed by atoms with Crippen LogP contribution in [0.15, 0.2) is 54.0 Å². The number of nitrogens with zero attached hydrogens (tertiary/aromatic N) is 5. The summed E-state index contributed by atoms with van der Waals surface area (Å²) in [6, 6.07) is 13.5. The minimum Gasteiger partial charge on any atom is -0.335 e. The number of aromatic nitrogens is 3. The summed E-state index contributed by atoms with van der Waals surface area (Å²) in [5.41, 5.74) is 4.30. The van der Waals surface area contributed by atoms with Crippen molar-refractivity contribution in [1.82, 2.24) is 24.2 Å². The molecule has 0 radical (unpaired) electrons. The van der Waals surface area contributed by atoms with Crippen LogP contribution in [0.5, 0.6) is 0 Å². The average molecular weight is 452 g/mol. The molecule has 1 amide bonds. The highest BCUT2D eigenvalue weighted by atomic mass is 35.5. The van der Waals surface area contributed by atoms with Gasteiger partial charge in [0.2, 0.25) is 0 Å². The van der Waals surface area contributed by atoms with E-state index in [0.29, 0.717) is 18.8 Å². The topological polar surface area (TPSA) is 53.7 Å². The molecule has 4 heterocycles. The van der Waals surface area contributed by atoms with E-state index in [1.807, 2.05) is 64.9 Å². The van der Waals surface area contributed by atoms with Gasteiger partial charge < -0.3 is 4.90 Å². The molecule has 0 atom stereocenters. The Balaban J connectivity index is 1.22. The van der Waals surface area contributed by atoms with Gasteiger partial charge in [-0.3, -0.25) is 14.1 Å². The number of hydrogen-bond donors (Lipinski definition) is 0. The zero-order valence-corrected chi connectivity index (χ0v) is 18.7. The van der Waals surface area contributed by atoms with Crippen molar-refractivity contribution in [3.63, 3.8) is 0 Å². The van der Waals surface area contributed by atoms with Gasteiger partial charge in [0.05, 0.1) is 17.9 Å². The molecule has 0 spiro atoms. The highest BCUT2D eigenvalue weighted by molar-refractivity contribution is 7.09. The van der Waals surface area contributed by atoms with Gasteiger partial charge in [0.25, 0.3) is 5.91 Å². The summed E-state index contributed by atoms with van der Waals surface area (Å²) in [6.45, 7) is 5.77. The maximum Gasteiger partial charge on any atom is 0.272 e. The number of thiazole rings is 1. The number of carbonyl (C=O) groups is 1. The molecular weight excluding hydrogens is 430 g/mol. The molecule has 0 saturated carbocycles. The van der Waals surface area contributed by atoms with Gasteiger partial charge >= 0.3 is 0 Å². The van der Waals surface area contributed by atoms with E-state index in [-0.39, 0.29) is 5.91 Å². The Morgan fingerprint density at radius 1 is 1.06 bits per heavy atom. The number of pyridine rings is 1. The van der Waals surface area contributed by atoms with E-state index in [1.165, 1.54) is 0 Å². The Bertz CT molecular complexity index is 1220. The second kappa shape index (κ2) is 8.42. The number of piperazine rings is 1. The quantitative estimate of drug-likeness (QED) is 0.462. The zero-order chi connectivity index (χ0) is 21.4. The van der Waals surface area contributed by atoms with Crippen LogP contribution in [0.3, 0.4) is 0 Å². The lowest BCUT2D eigenvalue weighted by molar-refractivity contribution is 0.0621. The van der Waals surface area contributed by atoms with Crippen LogP contribution in [-0.2, 0) is 6.54 Å². The fraction of sp³-hybridized carbons (Fsp3) is 0.261. The van der Waals surface area contributed by atoms with Crippen molar-refractivity contribution in [2.75, 3.05) is 26.2 Å². The van der Waals surface area contributed by atoms with Crippen molar-refractivity contribution in [3.8, 4) is 11.3 Å². The molecule has 0 N–H and O–H groups in total. The van der Waals surface area contributed by atoms with Crippen molar-refractivity contribution >= 4 is 34.5 Å². The first kappa shape index (κ1) is 20.2. The van der Waals surface area contributed by atoms with Crippen LogP contribution < -0.4 is 0 Å². The van der Waals surface area contributed by atoms with Crippen molar-refractivity contribution < 1.29 is 4.79 Å². The molecule has 0 aliphatic carbocycles. The fourth-order valence-electron chi connectivity index (χ4n) is 3.96. The first-order chi connectivity index (χ1) is 15.1. The summed E-state index contributed by atoms with van der Waals surface area (Å²) in [7, 11) is 0. The summed E-state index contributed by atoms with van der Waals surface area (Å²) >= 11 is 7.65. The maximum atomic E-state index is 13.2. The summed E-state index contributed by atoms with van der Waals surface area (Å²) in [6.07, 6.45) is 1.90. The first-order valence-electron chi connectivity index (χ1n) is 10.2. The largest absolute Gasteiger partial charge is 0.335 e. The van der Waals surface area contributed by atoms with Gasteiger partial charge in [-0.05, 0) is 31.2 Å². The van der Waals surface area contributed by atoms with Crippen molar-refractivity contribution in [3.05, 3.63) is 75.5 Å². The van der Waals surface area contributed by atoms with E-state index >= 15 is 0 Å². The van der Waals surface area contributed by atoms with Crippen molar-refractivity contribution in [2.45, 2.75) is 13.5 Å². The molecule has 158 valence electrons. The molecule has 0 unspecified atom stereocenters. The van der Waals surface area contributed by atoms with Gasteiger partial charge in [0.15, 0.2) is 0 Å². The maximum absolute atomic E-state index is 13.2. The molecule has 31 heavy (non-hydrogen) atoms. The lowest BCUT2D eigenvalue weighted by atomic mass is 10.2. The summed E-state index contributed by atoms with van der Waals surface area (Å²) < 4.78 is 1.89. The molecule has 8 heteroatoms. The van der Waals surface area contributed by atoms with E-state index < -0.39 is 0 Å². The smallest absolute Gasteiger partial charge is 0.272 e. The third kappa shape index (κ3) is 4.08. The van der Waals surface area contributed by atoms with Gasteiger partial charge in [-0.1, -0.05) is 29.8 Å². The molecule has 5 rings (SSSR count). The second-order valence-electron chi connectivity index (χ2n) is 7.68. The number of rotatable bonds is 4. The lowest BCUT2D eigenvalue weighted by Gasteiger charge is -2.34. The third-order valence-electron chi connectivity index (χ3n) is 5.62. The highest BCUT2D eigenvalue weighted by Gasteiger charge is 2.26. The minimum absolute atomic E-state index is 0.0510. The number of halogens is 1. The van der Waals surface area contributed by atoms with Gasteiger partial charge in [0.1, 0.15) is 16.3 Å². The first-order valence-corrected chi connectivity index (χ1v) is 11.5. The fourth-order valence-corrected chi connectivity index (χ4v) is 4.93. The van der Waals surface area contributed by atoms with E-state index in [0.717, 1.165) is 52.3 Å². The molecule has 1 aliphatic heterocycles. The van der Waals surface area contributed by atoms with Crippen LogP contribution in [0.25, 0.3) is 16.9 Å². The Labute approximate surface area is 189 Å². The number of imidazole rings is 1. The van der Waals surface area contributed by atoms with Crippen LogP contribution in [0.2, 0.25) is 5.02 Å². The zero-order valence-electron chi connectivity index (χ0n) is 17.2. The van der Waals surface area contributed by atoms with E-state index in [1.54, 1.807) is 11.3 Å². The summed E-state index contributed by atoms with van der Waals surface area (Å²) in [4.78, 5) is 26.8. The van der Waals surface area contributed by atoms with Gasteiger partial charge in [-0.25, -0.2) is 9.97 Å². The minimum atomic E-state index is 0.0510. The van der Waals surface area contributed by atoms with E-state index in [2.05, 4.69) is 15.3 Å². The normalized spacial score (nSPS) is 15.0. The Morgan fingerprint density at radius 3 is 2.61 bits per heavy atom. The van der Waals surface area contributed by atoms with Crippen molar-refractivity contribution in [2.24, 2.45) is 0 Å². The van der Waals surface area contributed by atoms with E-state index in [9.17, 15) is 4.79 Å². The van der Waals surface area contributed by atoms with Gasteiger partial charge in [-0.15, -0.1) is 11.3 Å². The standard InChI is InChI=1S/C23H22ClN5OS/c1-16-22(29-9-3-2-4-20(29)25-16)23(30)28-12-10-27(11-13-28)14-21-26-19(15-31-21)17-5-7-18(24)8-6-17/h2-9,15H,10-14H2,1H3. The third-order valence-corrected chi connectivity index (χ3v) is 6.70. The number of carbonyl (C=O) groups excluding carboxylic acids is 1. The second-order valence-corrected chi connectivity index (χ2v) is 9.06. The van der Waals surface area contributed by atoms with Crippen molar-refractivity contribution in [1.29, 1.82) is 0 Å². The van der Waals surface area contributed by atoms with Crippen LogP contribution in [-0.4, -0.2) is 56.3 Å². The molecule has 1 fully saturated rings. The lowest BCUT2D eigenvalue weighted by Crippen LogP contribution is -2.48. The monoisotopic (exact) mass is 451 g/mol. The van der Waals surface area contributed by atoms with Gasteiger partial charge in [-0.2, -0.15) is 0 Å². The molecule has 6 nitrogen and oxygen atoms in total. The van der Waals surface area contributed by atoms with E-state index in [4.69, 9.17) is 16.6 Å². The number of fused-ring (bicyclic) bond motifs is 1. The highest BCUT2D eigenvalue weighted by Crippen LogP contribution is 2.24. The predicted octanol–water partition coefficient (Wildman–Crippen LogP) is 4.38. The summed E-state index contributed by atoms with van der Waals surface area (Å²) in [5.74, 6) is 0.0510. The molecule has 4 aromatic rings. The Kier molecular flexibility index (Phi) is 5.48. The van der Waals surface area contributed by atoms with Crippen LogP contribution in [0.1, 0.15) is 21.2 Å². The molecular formula is C23H22ClN5OS. The molecule has 0 bridgehead atoms. The van der Waals surface area contributed by atoms with Gasteiger partial charge in [0, 0.05) is 48.3 Å². The molecule has 3 aromatic heterocycles. The van der Waals surface area contributed by atoms with Crippen LogP contribution >= 0.6 is 22.9 Å². The number of aryl methyl sites for hydroxylation is 1. The SMILES string of the molecule is Cc1nc2ccccn2c1C(=O)N1CCN(Cc2nc(-c3ccc(Cl)cc3)cs2)CC1. The number of hydrogen-bond acceptors (Lipinski definition) is 5. The van der Waals surface area contributed by atoms with Crippen LogP contribution in [0, 0.1) is 6.92 Å². The number of benzene rings is 1. The molecule has 1 aliphatic rings. The summed E-state index contributed by atoms with van der Waals surface area (Å²) in [5, 5.41) is 3.90. The molecule has 1 aromatic carbocycles.